The molecule has 2 aromatic rings. The quantitative estimate of drug-likeness (QED) is 0.573. The zero-order chi connectivity index (χ0) is 24.6. The van der Waals surface area contributed by atoms with Crippen molar-refractivity contribution in [3.63, 3.8) is 0 Å². The van der Waals surface area contributed by atoms with E-state index in [1.165, 1.54) is 28.7 Å². The summed E-state index contributed by atoms with van der Waals surface area (Å²) in [4.78, 5) is 41.5. The number of nitrogens with zero attached hydrogens (tertiary/aromatic N) is 1. The van der Waals surface area contributed by atoms with Gasteiger partial charge >= 0.3 is 0 Å². The first-order valence-electron chi connectivity index (χ1n) is 11.4. The van der Waals surface area contributed by atoms with Crippen LogP contribution in [0, 0.1) is 18.7 Å². The maximum atomic E-state index is 13.8. The Bertz CT molecular complexity index is 1210. The third kappa shape index (κ3) is 4.40. The third-order valence-corrected chi connectivity index (χ3v) is 6.90. The molecule has 1 aliphatic heterocycles. The average molecular weight is 465 g/mol. The smallest absolute Gasteiger partial charge is 0.256 e. The van der Waals surface area contributed by atoms with Crippen LogP contribution in [0.5, 0.6) is 0 Å². The van der Waals surface area contributed by atoms with Crippen LogP contribution in [-0.4, -0.2) is 47.2 Å². The van der Waals surface area contributed by atoms with Crippen LogP contribution in [0.3, 0.4) is 0 Å². The molecule has 1 aromatic heterocycles. The van der Waals surface area contributed by atoms with Gasteiger partial charge in [-0.1, -0.05) is 6.58 Å². The zero-order valence-electron chi connectivity index (χ0n) is 19.6. The van der Waals surface area contributed by atoms with E-state index in [-0.39, 0.29) is 29.5 Å². The van der Waals surface area contributed by atoms with Crippen molar-refractivity contribution in [2.24, 2.45) is 5.92 Å². The van der Waals surface area contributed by atoms with Crippen molar-refractivity contribution >= 4 is 35.1 Å². The molecule has 1 aliphatic carbocycles. The van der Waals surface area contributed by atoms with Gasteiger partial charge in [0.25, 0.3) is 5.91 Å². The number of halogens is 1. The Morgan fingerprint density at radius 3 is 2.88 bits per heavy atom. The van der Waals surface area contributed by atoms with Crippen LogP contribution in [0.25, 0.3) is 11.6 Å². The highest BCUT2D eigenvalue weighted by molar-refractivity contribution is 6.34. The van der Waals surface area contributed by atoms with E-state index in [9.17, 15) is 18.8 Å². The number of rotatable bonds is 6. The Hall–Kier alpha value is -3.68. The lowest BCUT2D eigenvalue weighted by molar-refractivity contribution is -0.135. The van der Waals surface area contributed by atoms with Crippen molar-refractivity contribution in [2.75, 3.05) is 18.9 Å². The SMILES string of the molecule is C=CC(=O)N(C)[C@@H](C)C(=O)NCC1CCc2c([nH]c(/C=C3\C(=O)Nc4ccc(F)cc43)c2C)C1. The zero-order valence-corrected chi connectivity index (χ0v) is 19.6. The Morgan fingerprint density at radius 2 is 2.15 bits per heavy atom. The molecule has 178 valence electrons. The minimum absolute atomic E-state index is 0.199. The van der Waals surface area contributed by atoms with Gasteiger partial charge in [0.15, 0.2) is 0 Å². The average Bonchev–Trinajstić information content (AvgIpc) is 3.31. The fraction of sp³-hybridized carbons (Fsp3) is 0.346. The normalized spacial score (nSPS) is 18.6. The third-order valence-electron chi connectivity index (χ3n) is 6.90. The first-order chi connectivity index (χ1) is 16.2. The van der Waals surface area contributed by atoms with Crippen LogP contribution in [-0.2, 0) is 27.2 Å². The van der Waals surface area contributed by atoms with Gasteiger partial charge in [0.1, 0.15) is 11.9 Å². The molecule has 0 fully saturated rings. The molecular weight excluding hydrogens is 435 g/mol. The number of hydrogen-bond acceptors (Lipinski definition) is 3. The largest absolute Gasteiger partial charge is 0.358 e. The van der Waals surface area contributed by atoms with Gasteiger partial charge in [-0.2, -0.15) is 0 Å². The monoisotopic (exact) mass is 464 g/mol. The highest BCUT2D eigenvalue weighted by atomic mass is 19.1. The second-order valence-corrected chi connectivity index (χ2v) is 9.01. The fourth-order valence-corrected chi connectivity index (χ4v) is 4.64. The fourth-order valence-electron chi connectivity index (χ4n) is 4.64. The molecule has 1 unspecified atom stereocenters. The van der Waals surface area contributed by atoms with E-state index in [0.717, 1.165) is 36.2 Å². The number of aromatic nitrogens is 1. The number of nitrogens with one attached hydrogen (secondary N) is 3. The van der Waals surface area contributed by atoms with Crippen LogP contribution < -0.4 is 10.6 Å². The summed E-state index contributed by atoms with van der Waals surface area (Å²) in [5.74, 6) is -0.873. The van der Waals surface area contributed by atoms with Gasteiger partial charge in [-0.25, -0.2) is 4.39 Å². The summed E-state index contributed by atoms with van der Waals surface area (Å²) in [5, 5.41) is 5.74. The van der Waals surface area contributed by atoms with E-state index in [1.54, 1.807) is 26.1 Å². The van der Waals surface area contributed by atoms with Gasteiger partial charge in [-0.05, 0) is 80.5 Å². The van der Waals surface area contributed by atoms with E-state index >= 15 is 0 Å². The number of carbonyl (C=O) groups excluding carboxylic acids is 3. The molecule has 0 radical (unpaired) electrons. The highest BCUT2D eigenvalue weighted by Gasteiger charge is 2.28. The first kappa shape index (κ1) is 23.5. The number of fused-ring (bicyclic) bond motifs is 2. The van der Waals surface area contributed by atoms with E-state index < -0.39 is 6.04 Å². The van der Waals surface area contributed by atoms with E-state index in [1.807, 2.05) is 6.92 Å². The van der Waals surface area contributed by atoms with Gasteiger partial charge in [-0.3, -0.25) is 14.4 Å². The molecule has 2 heterocycles. The number of benzene rings is 1. The molecule has 2 aliphatic rings. The minimum atomic E-state index is -0.583. The van der Waals surface area contributed by atoms with Crippen LogP contribution >= 0.6 is 0 Å². The van der Waals surface area contributed by atoms with Crippen molar-refractivity contribution in [1.82, 2.24) is 15.2 Å². The molecule has 34 heavy (non-hydrogen) atoms. The Morgan fingerprint density at radius 1 is 1.38 bits per heavy atom. The molecule has 0 bridgehead atoms. The molecule has 4 rings (SSSR count). The molecule has 0 saturated heterocycles. The standard InChI is InChI=1S/C26H29FN4O3/c1-5-24(32)31(4)15(3)25(33)28-13-16-6-8-18-14(2)22(29-23(18)10-16)12-20-19-11-17(27)7-9-21(19)30-26(20)34/h5,7,9,11-12,15-16,29H,1,6,8,10,13H2,2-4H3,(H,28,33)(H,30,34)/b20-12-/t15-,16?/m0/s1. The van der Waals surface area contributed by atoms with Crippen molar-refractivity contribution in [3.05, 3.63) is 64.7 Å². The number of H-pyrrole nitrogens is 1. The number of aromatic amines is 1. The van der Waals surface area contributed by atoms with Crippen LogP contribution in [0.2, 0.25) is 0 Å². The molecule has 1 aromatic carbocycles. The summed E-state index contributed by atoms with van der Waals surface area (Å²) < 4.78 is 13.8. The predicted molar refractivity (Wildman–Crippen MR) is 129 cm³/mol. The number of hydrogen-bond donors (Lipinski definition) is 3. The number of anilines is 1. The van der Waals surface area contributed by atoms with Gasteiger partial charge in [0, 0.05) is 36.2 Å². The maximum Gasteiger partial charge on any atom is 0.256 e. The van der Waals surface area contributed by atoms with E-state index in [2.05, 4.69) is 22.2 Å². The summed E-state index contributed by atoms with van der Waals surface area (Å²) in [6.45, 7) is 7.68. The minimum Gasteiger partial charge on any atom is -0.358 e. The Balaban J connectivity index is 1.46. The summed E-state index contributed by atoms with van der Waals surface area (Å²) in [5.41, 5.74) is 5.86. The number of amides is 3. The van der Waals surface area contributed by atoms with Gasteiger partial charge in [-0.15, -0.1) is 0 Å². The van der Waals surface area contributed by atoms with Crippen molar-refractivity contribution in [1.29, 1.82) is 0 Å². The first-order valence-corrected chi connectivity index (χ1v) is 11.4. The number of carbonyl (C=O) groups is 3. The maximum absolute atomic E-state index is 13.8. The lowest BCUT2D eigenvalue weighted by Crippen LogP contribution is -2.46. The lowest BCUT2D eigenvalue weighted by atomic mass is 9.86. The van der Waals surface area contributed by atoms with E-state index in [4.69, 9.17) is 0 Å². The molecule has 2 atom stereocenters. The molecular formula is C26H29FN4O3. The summed E-state index contributed by atoms with van der Waals surface area (Å²) in [7, 11) is 1.58. The predicted octanol–water partition coefficient (Wildman–Crippen LogP) is 3.21. The summed E-state index contributed by atoms with van der Waals surface area (Å²) in [6, 6.07) is 3.69. The van der Waals surface area contributed by atoms with Crippen molar-refractivity contribution < 1.29 is 18.8 Å². The highest BCUT2D eigenvalue weighted by Crippen LogP contribution is 2.36. The van der Waals surface area contributed by atoms with Crippen molar-refractivity contribution in [2.45, 2.75) is 39.2 Å². The number of likely N-dealkylation sites (N-methyl/N-ethyl adjacent to an activating group) is 1. The second-order valence-electron chi connectivity index (χ2n) is 9.01. The van der Waals surface area contributed by atoms with Crippen LogP contribution in [0.4, 0.5) is 10.1 Å². The van der Waals surface area contributed by atoms with Gasteiger partial charge in [0.2, 0.25) is 11.8 Å². The molecule has 0 spiro atoms. The van der Waals surface area contributed by atoms with Gasteiger partial charge in [0.05, 0.1) is 5.57 Å². The second kappa shape index (κ2) is 9.29. The van der Waals surface area contributed by atoms with Crippen LogP contribution in [0.1, 0.15) is 41.4 Å². The van der Waals surface area contributed by atoms with Crippen molar-refractivity contribution in [3.8, 4) is 0 Å². The molecule has 8 heteroatoms. The topological polar surface area (TPSA) is 94.3 Å². The van der Waals surface area contributed by atoms with E-state index in [0.29, 0.717) is 23.4 Å². The van der Waals surface area contributed by atoms with Gasteiger partial charge < -0.3 is 20.5 Å². The molecule has 3 amide bonds. The molecule has 7 nitrogen and oxygen atoms in total. The summed E-state index contributed by atoms with van der Waals surface area (Å²) >= 11 is 0. The van der Waals surface area contributed by atoms with Crippen LogP contribution in [0.15, 0.2) is 30.9 Å². The molecule has 0 saturated carbocycles. The summed E-state index contributed by atoms with van der Waals surface area (Å²) in [6.07, 6.45) is 5.54. The Labute approximate surface area is 198 Å². The molecule has 3 N–H and O–H groups in total. The lowest BCUT2D eigenvalue weighted by Gasteiger charge is -2.26. The Kier molecular flexibility index (Phi) is 6.41.